The van der Waals surface area contributed by atoms with Crippen molar-refractivity contribution in [3.8, 4) is 0 Å². The molecule has 2 heterocycles. The summed E-state index contributed by atoms with van der Waals surface area (Å²) in [5.74, 6) is -6.59. The van der Waals surface area contributed by atoms with E-state index in [-0.39, 0.29) is 69.1 Å². The lowest BCUT2D eigenvalue weighted by Crippen LogP contribution is -2.44. The van der Waals surface area contributed by atoms with Crippen LogP contribution in [-0.4, -0.2) is 50.1 Å². The second-order valence-electron chi connectivity index (χ2n) is 11.1. The smallest absolute Gasteiger partial charge is 0.408 e. The Morgan fingerprint density at radius 2 is 1.64 bits per heavy atom. The molecule has 0 aliphatic heterocycles. The van der Waals surface area contributed by atoms with Crippen LogP contribution in [0.3, 0.4) is 0 Å². The molecule has 3 aromatic rings. The van der Waals surface area contributed by atoms with E-state index in [0.717, 1.165) is 5.56 Å². The van der Waals surface area contributed by atoms with Crippen molar-refractivity contribution in [2.75, 3.05) is 6.61 Å². The van der Waals surface area contributed by atoms with Gasteiger partial charge in [-0.1, -0.05) is 30.3 Å². The minimum absolute atomic E-state index is 0.0226. The Hall–Kier alpha value is -3.77. The van der Waals surface area contributed by atoms with Gasteiger partial charge in [-0.3, -0.25) is 4.79 Å². The Kier molecular flexibility index (Phi) is 8.38. The Bertz CT molecular complexity index is 1400. The third kappa shape index (κ3) is 6.49. The molecule has 9 nitrogen and oxygen atoms in total. The van der Waals surface area contributed by atoms with Crippen molar-refractivity contribution in [2.45, 2.75) is 88.2 Å². The maximum Gasteiger partial charge on any atom is 0.408 e. The van der Waals surface area contributed by atoms with E-state index in [0.29, 0.717) is 5.69 Å². The van der Waals surface area contributed by atoms with Crippen molar-refractivity contribution >= 4 is 17.8 Å². The number of rotatable bonds is 8. The van der Waals surface area contributed by atoms with Crippen LogP contribution in [0.1, 0.15) is 81.3 Å². The number of esters is 1. The summed E-state index contributed by atoms with van der Waals surface area (Å²) in [5, 5.41) is 7.14. The van der Waals surface area contributed by atoms with Gasteiger partial charge in [0.05, 0.1) is 36.4 Å². The molecule has 2 saturated carbocycles. The average molecular weight is 592 g/mol. The number of fused-ring (bicyclic) bond motifs is 1. The van der Waals surface area contributed by atoms with Gasteiger partial charge in [0.1, 0.15) is 12.0 Å². The molecule has 5 rings (SSSR count). The Balaban J connectivity index is 1.42. The molecule has 2 aliphatic carbocycles. The number of nitrogens with zero attached hydrogens (tertiary/aromatic N) is 4. The molecule has 1 atom stereocenters. The maximum atomic E-state index is 14.0. The summed E-state index contributed by atoms with van der Waals surface area (Å²) < 4.78 is 68.0. The molecule has 226 valence electrons. The number of carbonyl (C=O) groups is 2. The number of carbonyl (C=O) groups excluding carboxylic acids is 2. The molecule has 1 amide bonds. The lowest BCUT2D eigenvalue weighted by molar-refractivity contribution is -0.155. The van der Waals surface area contributed by atoms with Gasteiger partial charge in [0.15, 0.2) is 0 Å². The van der Waals surface area contributed by atoms with Crippen LogP contribution in [0.5, 0.6) is 0 Å². The van der Waals surface area contributed by atoms with Gasteiger partial charge < -0.3 is 14.8 Å². The van der Waals surface area contributed by atoms with Gasteiger partial charge in [0, 0.05) is 25.7 Å². The summed E-state index contributed by atoms with van der Waals surface area (Å²) in [6, 6.07) is 8.31. The van der Waals surface area contributed by atoms with Crippen LogP contribution in [0.15, 0.2) is 42.7 Å². The molecule has 2 aromatic heterocycles. The molecule has 2 aliphatic rings. The first kappa shape index (κ1) is 29.7. The predicted octanol–water partition coefficient (Wildman–Crippen LogP) is 5.93. The maximum absolute atomic E-state index is 14.0. The number of amides is 1. The summed E-state index contributed by atoms with van der Waals surface area (Å²) in [5.41, 5.74) is -0.109. The van der Waals surface area contributed by atoms with Gasteiger partial charge >= 0.3 is 12.1 Å². The molecular weight excluding hydrogens is 558 g/mol. The highest BCUT2D eigenvalue weighted by Crippen LogP contribution is 2.46. The van der Waals surface area contributed by atoms with E-state index >= 15 is 0 Å². The number of nitrogens with one attached hydrogen (secondary N) is 1. The molecule has 0 radical (unpaired) electrons. The lowest BCUT2D eigenvalue weighted by atomic mass is 9.70. The van der Waals surface area contributed by atoms with Crippen molar-refractivity contribution in [3.05, 3.63) is 59.7 Å². The van der Waals surface area contributed by atoms with Crippen LogP contribution < -0.4 is 5.32 Å². The Labute approximate surface area is 240 Å². The topological polar surface area (TPSA) is 108 Å². The van der Waals surface area contributed by atoms with Crippen LogP contribution in [0.4, 0.5) is 22.4 Å². The fourth-order valence-electron chi connectivity index (χ4n) is 5.77. The molecule has 0 unspecified atom stereocenters. The number of alkyl carbamates (subject to hydrolysis) is 1. The first-order chi connectivity index (χ1) is 20.0. The van der Waals surface area contributed by atoms with Crippen molar-refractivity contribution < 1.29 is 36.6 Å². The molecule has 0 bridgehead atoms. The van der Waals surface area contributed by atoms with Gasteiger partial charge in [0.25, 0.3) is 5.78 Å². The molecule has 2 fully saturated rings. The number of alkyl halides is 4. The number of benzene rings is 1. The van der Waals surface area contributed by atoms with Gasteiger partial charge in [-0.05, 0) is 44.1 Å². The van der Waals surface area contributed by atoms with E-state index < -0.39 is 48.2 Å². The van der Waals surface area contributed by atoms with E-state index in [1.807, 2.05) is 30.3 Å². The highest BCUT2D eigenvalue weighted by atomic mass is 19.3. The summed E-state index contributed by atoms with van der Waals surface area (Å²) in [6.45, 7) is 1.74. The van der Waals surface area contributed by atoms with Gasteiger partial charge in [-0.15, -0.1) is 0 Å². The summed E-state index contributed by atoms with van der Waals surface area (Å²) in [4.78, 5) is 34.9. The highest BCUT2D eigenvalue weighted by molar-refractivity contribution is 5.83. The van der Waals surface area contributed by atoms with E-state index in [2.05, 4.69) is 20.4 Å². The normalized spacial score (nSPS) is 20.5. The summed E-state index contributed by atoms with van der Waals surface area (Å²) >= 11 is 0. The molecule has 0 saturated heterocycles. The predicted molar refractivity (Wildman–Crippen MR) is 142 cm³/mol. The minimum Gasteiger partial charge on any atom is -0.465 e. The third-order valence-electron chi connectivity index (χ3n) is 8.24. The van der Waals surface area contributed by atoms with Crippen LogP contribution >= 0.6 is 0 Å². The van der Waals surface area contributed by atoms with E-state index in [4.69, 9.17) is 9.47 Å². The van der Waals surface area contributed by atoms with E-state index in [1.165, 1.54) is 16.9 Å². The van der Waals surface area contributed by atoms with Crippen molar-refractivity contribution in [3.63, 3.8) is 0 Å². The fourth-order valence-corrected chi connectivity index (χ4v) is 5.77. The van der Waals surface area contributed by atoms with Crippen molar-refractivity contribution in [1.82, 2.24) is 24.9 Å². The van der Waals surface area contributed by atoms with E-state index in [9.17, 15) is 27.2 Å². The molecule has 0 spiro atoms. The highest BCUT2D eigenvalue weighted by Gasteiger charge is 2.51. The second kappa shape index (κ2) is 11.8. The van der Waals surface area contributed by atoms with Crippen LogP contribution in [0.2, 0.25) is 0 Å². The second-order valence-corrected chi connectivity index (χ2v) is 11.1. The van der Waals surface area contributed by atoms with Gasteiger partial charge in [0.2, 0.25) is 11.8 Å². The molecule has 1 N–H and O–H groups in total. The zero-order valence-electron chi connectivity index (χ0n) is 23.2. The fraction of sp³-hybridized carbons (Fsp3) is 0.552. The number of ether oxygens (including phenoxy) is 2. The van der Waals surface area contributed by atoms with Gasteiger partial charge in [-0.2, -0.15) is 5.10 Å². The average Bonchev–Trinajstić information content (AvgIpc) is 3.39. The van der Waals surface area contributed by atoms with Crippen LogP contribution in [0, 0.1) is 5.92 Å². The van der Waals surface area contributed by atoms with E-state index in [1.54, 1.807) is 6.92 Å². The van der Waals surface area contributed by atoms with Gasteiger partial charge in [-0.25, -0.2) is 36.8 Å². The Morgan fingerprint density at radius 3 is 2.31 bits per heavy atom. The number of imidazole rings is 1. The van der Waals surface area contributed by atoms with Crippen LogP contribution in [0.25, 0.3) is 5.78 Å². The Morgan fingerprint density at radius 1 is 0.976 bits per heavy atom. The SMILES string of the molecule is CCOC(=O)C1(c2cnn3cc([C@@H](NC(=O)OCc4ccccc4)C4CCC(F)(F)CC4)nc3n2)CCC(F)(F)CC1. The minimum atomic E-state index is -2.89. The lowest BCUT2D eigenvalue weighted by Gasteiger charge is -2.37. The third-order valence-corrected chi connectivity index (χ3v) is 8.24. The number of hydrogen-bond acceptors (Lipinski definition) is 7. The largest absolute Gasteiger partial charge is 0.465 e. The first-order valence-corrected chi connectivity index (χ1v) is 14.1. The molecule has 13 heteroatoms. The summed E-state index contributed by atoms with van der Waals surface area (Å²) in [6.07, 6.45) is 0.478. The monoisotopic (exact) mass is 591 g/mol. The molecule has 1 aromatic carbocycles. The number of halogens is 4. The first-order valence-electron chi connectivity index (χ1n) is 14.1. The van der Waals surface area contributed by atoms with Crippen LogP contribution in [-0.2, 0) is 26.3 Å². The number of aromatic nitrogens is 4. The molecule has 42 heavy (non-hydrogen) atoms. The molecular formula is C29H33F4N5O4. The standard InChI is InChI=1S/C29H33F4N5O4/c1-2-41-24(39)27(12-14-29(32,33)15-13-27)22-16-34-38-17-21(35-25(38)36-22)23(20-8-10-28(30,31)11-9-20)37-26(40)42-18-19-6-4-3-5-7-19/h3-7,16-17,20,23H,2,8-15,18H2,1H3,(H,37,40)/t23-/m0/s1. The van der Waals surface area contributed by atoms with Crippen molar-refractivity contribution in [1.29, 1.82) is 0 Å². The van der Waals surface area contributed by atoms with Crippen molar-refractivity contribution in [2.24, 2.45) is 5.92 Å². The zero-order valence-corrected chi connectivity index (χ0v) is 23.2. The quantitative estimate of drug-likeness (QED) is 0.256. The zero-order chi connectivity index (χ0) is 30.0. The summed E-state index contributed by atoms with van der Waals surface area (Å²) in [7, 11) is 0. The number of hydrogen-bond donors (Lipinski definition) is 1.